The molecule has 0 bridgehead atoms. The second kappa shape index (κ2) is 7.19. The lowest BCUT2D eigenvalue weighted by Gasteiger charge is -2.05. The topological polar surface area (TPSA) is 65.0 Å². The molecule has 0 fully saturated rings. The highest BCUT2D eigenvalue weighted by atomic mass is 127. The summed E-state index contributed by atoms with van der Waals surface area (Å²) in [5.41, 5.74) is 1.04. The molecule has 0 saturated carbocycles. The van der Waals surface area contributed by atoms with Gasteiger partial charge in [0.1, 0.15) is 17.9 Å². The lowest BCUT2D eigenvalue weighted by molar-refractivity contribution is 0.104. The first-order valence-corrected chi connectivity index (χ1v) is 10.7. The van der Waals surface area contributed by atoms with Crippen molar-refractivity contribution in [3.8, 4) is 23.0 Å². The maximum atomic E-state index is 12.2. The van der Waals surface area contributed by atoms with Crippen molar-refractivity contribution in [2.24, 2.45) is 0 Å². The molecule has 1 N–H and O–H groups in total. The Morgan fingerprint density at radius 1 is 1.22 bits per heavy atom. The van der Waals surface area contributed by atoms with Crippen LogP contribution >= 0.6 is 28.5 Å². The Kier molecular flexibility index (Phi) is 5.03. The molecule has 1 atom stereocenters. The first-order valence-electron chi connectivity index (χ1n) is 6.65. The Hall–Kier alpha value is -1.79. The van der Waals surface area contributed by atoms with Crippen LogP contribution in [0.1, 0.15) is 15.9 Å². The van der Waals surface area contributed by atoms with Gasteiger partial charge in [0.05, 0.1) is 5.56 Å². The molecule has 118 valence electrons. The lowest BCUT2D eigenvalue weighted by Crippen LogP contribution is -1.95. The van der Waals surface area contributed by atoms with Crippen molar-refractivity contribution in [1.82, 2.24) is 0 Å². The second-order valence-corrected chi connectivity index (χ2v) is 6.35. The zero-order valence-electron chi connectivity index (χ0n) is 11.8. The number of fused-ring (bicyclic) bond motifs is 1. The average Bonchev–Trinajstić information content (AvgIpc) is 3.00. The SMILES string of the molecule is O=C(/C=C/c1ccc2c(c1)OCO2)c1ccc(OPI)cc1O. The molecule has 1 heterocycles. The molecule has 0 spiro atoms. The van der Waals surface area contributed by atoms with Crippen molar-refractivity contribution >= 4 is 40.4 Å². The van der Waals surface area contributed by atoms with Crippen LogP contribution in [0.4, 0.5) is 0 Å². The summed E-state index contributed by atoms with van der Waals surface area (Å²) in [6.45, 7) is 0.455. The van der Waals surface area contributed by atoms with Crippen molar-refractivity contribution in [3.63, 3.8) is 0 Å². The Morgan fingerprint density at radius 3 is 2.83 bits per heavy atom. The Balaban J connectivity index is 1.76. The van der Waals surface area contributed by atoms with E-state index in [1.807, 2.05) is 6.07 Å². The van der Waals surface area contributed by atoms with Gasteiger partial charge in [0.2, 0.25) is 6.79 Å². The normalized spacial score (nSPS) is 13.1. The molecule has 7 heteroatoms. The van der Waals surface area contributed by atoms with Crippen molar-refractivity contribution in [1.29, 1.82) is 0 Å². The van der Waals surface area contributed by atoms with E-state index in [1.165, 1.54) is 12.1 Å². The van der Waals surface area contributed by atoms with Crippen LogP contribution < -0.4 is 14.0 Å². The van der Waals surface area contributed by atoms with Gasteiger partial charge < -0.3 is 19.1 Å². The fourth-order valence-corrected chi connectivity index (χ4v) is 3.09. The molecule has 1 aliphatic rings. The van der Waals surface area contributed by atoms with E-state index < -0.39 is 0 Å². The number of aromatic hydroxyl groups is 1. The number of rotatable bonds is 5. The fourth-order valence-electron chi connectivity index (χ4n) is 2.11. The monoisotopic (exact) mass is 442 g/mol. The third kappa shape index (κ3) is 3.76. The van der Waals surface area contributed by atoms with Gasteiger partial charge in [-0.25, -0.2) is 0 Å². The van der Waals surface area contributed by atoms with Crippen LogP contribution in [-0.2, 0) is 0 Å². The highest BCUT2D eigenvalue weighted by molar-refractivity contribution is 14.2. The number of hydrogen-bond acceptors (Lipinski definition) is 5. The summed E-state index contributed by atoms with van der Waals surface area (Å²) < 4.78 is 15.8. The van der Waals surface area contributed by atoms with E-state index in [0.717, 1.165) is 5.56 Å². The predicted octanol–water partition coefficient (Wildman–Crippen LogP) is 4.34. The van der Waals surface area contributed by atoms with E-state index in [4.69, 9.17) is 14.0 Å². The Labute approximate surface area is 147 Å². The highest BCUT2D eigenvalue weighted by Crippen LogP contribution is 2.33. The summed E-state index contributed by atoms with van der Waals surface area (Å²) in [5, 5.41) is 9.94. The molecule has 23 heavy (non-hydrogen) atoms. The van der Waals surface area contributed by atoms with Gasteiger partial charge in [0.15, 0.2) is 17.3 Å². The molecule has 0 aliphatic carbocycles. The Bertz CT molecular complexity index is 775. The Morgan fingerprint density at radius 2 is 2.04 bits per heavy atom. The summed E-state index contributed by atoms with van der Waals surface area (Å²) in [6, 6.07) is 10.1. The summed E-state index contributed by atoms with van der Waals surface area (Å²) >= 11 is 2.08. The standard InChI is InChI=1S/C16H12IO5P/c17-23-22-11-3-4-12(14(19)8-11)13(18)5-1-10-2-6-15-16(7-10)21-9-20-15/h1-8,19,23H,9H2/b5-1+. The number of carbonyl (C=O) groups is 1. The largest absolute Gasteiger partial charge is 0.507 e. The van der Waals surface area contributed by atoms with E-state index in [-0.39, 0.29) is 30.3 Å². The molecule has 0 saturated heterocycles. The molecular weight excluding hydrogens is 430 g/mol. The van der Waals surface area contributed by atoms with Gasteiger partial charge in [0.25, 0.3) is 0 Å². The van der Waals surface area contributed by atoms with Crippen LogP contribution in [0.2, 0.25) is 0 Å². The van der Waals surface area contributed by atoms with Crippen LogP contribution in [0.5, 0.6) is 23.0 Å². The summed E-state index contributed by atoms with van der Waals surface area (Å²) in [7, 11) is 0. The molecule has 0 aromatic heterocycles. The molecular formula is C16H12IO5P. The molecule has 5 nitrogen and oxygen atoms in total. The van der Waals surface area contributed by atoms with E-state index >= 15 is 0 Å². The zero-order chi connectivity index (χ0) is 16.2. The molecule has 2 aromatic carbocycles. The van der Waals surface area contributed by atoms with E-state index in [2.05, 4.69) is 22.0 Å². The number of carbonyl (C=O) groups excluding carboxylic acids is 1. The van der Waals surface area contributed by atoms with Gasteiger partial charge in [-0.1, -0.05) is 12.1 Å². The maximum absolute atomic E-state index is 12.2. The third-order valence-electron chi connectivity index (χ3n) is 3.21. The lowest BCUT2D eigenvalue weighted by atomic mass is 10.1. The van der Waals surface area contributed by atoms with E-state index in [1.54, 1.807) is 30.3 Å². The van der Waals surface area contributed by atoms with Gasteiger partial charge in [-0.05, 0) is 57.9 Å². The molecule has 2 aromatic rings. The van der Waals surface area contributed by atoms with Crippen molar-refractivity contribution < 1.29 is 23.9 Å². The number of allylic oxidation sites excluding steroid dienone is 1. The van der Waals surface area contributed by atoms with Gasteiger partial charge in [-0.3, -0.25) is 4.79 Å². The van der Waals surface area contributed by atoms with Crippen molar-refractivity contribution in [2.45, 2.75) is 0 Å². The van der Waals surface area contributed by atoms with E-state index in [9.17, 15) is 9.90 Å². The molecule has 0 radical (unpaired) electrons. The average molecular weight is 442 g/mol. The zero-order valence-corrected chi connectivity index (χ0v) is 14.9. The number of phenolic OH excluding ortho intramolecular Hbond substituents is 1. The van der Waals surface area contributed by atoms with Crippen LogP contribution in [0.3, 0.4) is 0 Å². The number of ether oxygens (including phenoxy) is 2. The number of benzene rings is 2. The predicted molar refractivity (Wildman–Crippen MR) is 97.0 cm³/mol. The van der Waals surface area contributed by atoms with Gasteiger partial charge >= 0.3 is 0 Å². The maximum Gasteiger partial charge on any atom is 0.231 e. The smallest absolute Gasteiger partial charge is 0.231 e. The minimum absolute atomic E-state index is 0.0995. The van der Waals surface area contributed by atoms with Crippen LogP contribution in [0.25, 0.3) is 6.08 Å². The summed E-state index contributed by atoms with van der Waals surface area (Å²) in [5.74, 6) is 1.49. The van der Waals surface area contributed by atoms with Gasteiger partial charge in [-0.2, -0.15) is 0 Å². The quantitative estimate of drug-likeness (QED) is 0.323. The van der Waals surface area contributed by atoms with Crippen molar-refractivity contribution in [3.05, 3.63) is 53.6 Å². The fraction of sp³-hybridized carbons (Fsp3) is 0.0625. The molecule has 1 unspecified atom stereocenters. The number of phenols is 1. The van der Waals surface area contributed by atoms with Gasteiger partial charge in [-0.15, -0.1) is 0 Å². The number of hydrogen-bond donors (Lipinski definition) is 1. The molecule has 0 amide bonds. The molecule has 3 rings (SSSR count). The van der Waals surface area contributed by atoms with Crippen LogP contribution in [0, 0.1) is 0 Å². The molecule has 1 aliphatic heterocycles. The summed E-state index contributed by atoms with van der Waals surface area (Å²) in [4.78, 5) is 12.2. The second-order valence-electron chi connectivity index (χ2n) is 4.67. The number of ketones is 1. The van der Waals surface area contributed by atoms with Crippen LogP contribution in [0.15, 0.2) is 42.5 Å². The van der Waals surface area contributed by atoms with E-state index in [0.29, 0.717) is 17.2 Å². The first-order chi connectivity index (χ1) is 11.2. The van der Waals surface area contributed by atoms with Gasteiger partial charge in [0, 0.05) is 6.07 Å². The summed E-state index contributed by atoms with van der Waals surface area (Å²) in [6.07, 6.45) is 3.08. The van der Waals surface area contributed by atoms with Crippen LogP contribution in [-0.4, -0.2) is 17.7 Å². The van der Waals surface area contributed by atoms with Crippen molar-refractivity contribution in [2.75, 3.05) is 6.79 Å². The minimum atomic E-state index is -0.288. The minimum Gasteiger partial charge on any atom is -0.507 e. The first kappa shape index (κ1) is 16.1. The number of halogens is 1. The highest BCUT2D eigenvalue weighted by Gasteiger charge is 2.13. The third-order valence-corrected chi connectivity index (χ3v) is 4.19.